The van der Waals surface area contributed by atoms with Crippen LogP contribution in [0.1, 0.15) is 28.8 Å². The Hall–Kier alpha value is -1.41. The molecular weight excluding hydrogens is 216 g/mol. The topological polar surface area (TPSA) is 17.1 Å². The SMILES string of the molecule is O=C1CCCc2ccc(-c3cccs3)cc21. The van der Waals surface area contributed by atoms with Crippen LogP contribution in [0.2, 0.25) is 0 Å². The minimum absolute atomic E-state index is 0.305. The van der Waals surface area contributed by atoms with Gasteiger partial charge in [-0.1, -0.05) is 18.2 Å². The Kier molecular flexibility index (Phi) is 2.37. The summed E-state index contributed by atoms with van der Waals surface area (Å²) in [6.07, 6.45) is 2.76. The van der Waals surface area contributed by atoms with Crippen molar-refractivity contribution < 1.29 is 4.79 Å². The second-order valence-electron chi connectivity index (χ2n) is 4.13. The highest BCUT2D eigenvalue weighted by Crippen LogP contribution is 2.29. The quantitative estimate of drug-likeness (QED) is 0.722. The van der Waals surface area contributed by atoms with Crippen LogP contribution < -0.4 is 0 Å². The number of carbonyl (C=O) groups is 1. The lowest BCUT2D eigenvalue weighted by Gasteiger charge is -2.15. The molecule has 0 atom stereocenters. The molecule has 1 aromatic carbocycles. The summed E-state index contributed by atoms with van der Waals surface area (Å²) in [6.45, 7) is 0. The van der Waals surface area contributed by atoms with Gasteiger partial charge in [-0.15, -0.1) is 11.3 Å². The smallest absolute Gasteiger partial charge is 0.163 e. The molecular formula is C14H12OS. The van der Waals surface area contributed by atoms with Crippen molar-refractivity contribution in [2.45, 2.75) is 19.3 Å². The molecule has 0 unspecified atom stereocenters. The van der Waals surface area contributed by atoms with Gasteiger partial charge in [-0.3, -0.25) is 4.79 Å². The Labute approximate surface area is 98.7 Å². The van der Waals surface area contributed by atoms with Crippen molar-refractivity contribution in [1.82, 2.24) is 0 Å². The van der Waals surface area contributed by atoms with E-state index in [0.29, 0.717) is 12.2 Å². The van der Waals surface area contributed by atoms with Crippen molar-refractivity contribution in [2.24, 2.45) is 0 Å². The highest BCUT2D eigenvalue weighted by atomic mass is 32.1. The van der Waals surface area contributed by atoms with Crippen LogP contribution in [0.25, 0.3) is 10.4 Å². The zero-order valence-electron chi connectivity index (χ0n) is 8.90. The number of carbonyl (C=O) groups excluding carboxylic acids is 1. The van der Waals surface area contributed by atoms with Crippen LogP contribution in [0.5, 0.6) is 0 Å². The van der Waals surface area contributed by atoms with E-state index in [9.17, 15) is 4.79 Å². The molecule has 0 saturated carbocycles. The van der Waals surface area contributed by atoms with Crippen molar-refractivity contribution in [1.29, 1.82) is 0 Å². The maximum atomic E-state index is 11.8. The van der Waals surface area contributed by atoms with E-state index in [-0.39, 0.29) is 0 Å². The fraction of sp³-hybridized carbons (Fsp3) is 0.214. The summed E-state index contributed by atoms with van der Waals surface area (Å²) >= 11 is 1.72. The lowest BCUT2D eigenvalue weighted by atomic mass is 9.89. The monoisotopic (exact) mass is 228 g/mol. The summed E-state index contributed by atoms with van der Waals surface area (Å²) in [5.74, 6) is 0.305. The molecule has 16 heavy (non-hydrogen) atoms. The van der Waals surface area contributed by atoms with Gasteiger partial charge in [0, 0.05) is 16.9 Å². The fourth-order valence-corrected chi connectivity index (χ4v) is 2.95. The third kappa shape index (κ3) is 1.59. The van der Waals surface area contributed by atoms with E-state index in [4.69, 9.17) is 0 Å². The number of Topliss-reactive ketones (excluding diaryl/α,β-unsaturated/α-hetero) is 1. The molecule has 0 bridgehead atoms. The molecule has 1 aromatic heterocycles. The summed E-state index contributed by atoms with van der Waals surface area (Å²) in [6, 6.07) is 10.4. The number of thiophene rings is 1. The average molecular weight is 228 g/mol. The van der Waals surface area contributed by atoms with E-state index in [1.807, 2.05) is 6.07 Å². The van der Waals surface area contributed by atoms with Gasteiger partial charge in [0.15, 0.2) is 5.78 Å². The Bertz CT molecular complexity index is 526. The Morgan fingerprint density at radius 1 is 1.12 bits per heavy atom. The summed E-state index contributed by atoms with van der Waals surface area (Å²) in [7, 11) is 0. The third-order valence-corrected chi connectivity index (χ3v) is 3.98. The predicted molar refractivity (Wildman–Crippen MR) is 67.0 cm³/mol. The molecule has 0 saturated heterocycles. The molecule has 80 valence electrons. The first-order valence-electron chi connectivity index (χ1n) is 5.54. The molecule has 1 aliphatic carbocycles. The molecule has 0 N–H and O–H groups in total. The van der Waals surface area contributed by atoms with Gasteiger partial charge in [-0.05, 0) is 41.5 Å². The first-order valence-corrected chi connectivity index (χ1v) is 6.42. The Balaban J connectivity index is 2.11. The minimum atomic E-state index is 0.305. The van der Waals surface area contributed by atoms with Crippen LogP contribution >= 0.6 is 11.3 Å². The molecule has 2 heteroatoms. The van der Waals surface area contributed by atoms with Gasteiger partial charge in [0.2, 0.25) is 0 Å². The van der Waals surface area contributed by atoms with Crippen molar-refractivity contribution >= 4 is 17.1 Å². The van der Waals surface area contributed by atoms with Crippen molar-refractivity contribution in [2.75, 3.05) is 0 Å². The second-order valence-corrected chi connectivity index (χ2v) is 5.07. The molecule has 0 fully saturated rings. The van der Waals surface area contributed by atoms with E-state index in [2.05, 4.69) is 29.6 Å². The van der Waals surface area contributed by atoms with Gasteiger partial charge in [0.25, 0.3) is 0 Å². The lowest BCUT2D eigenvalue weighted by Crippen LogP contribution is -2.10. The number of fused-ring (bicyclic) bond motifs is 1. The molecule has 0 spiro atoms. The van der Waals surface area contributed by atoms with Gasteiger partial charge in [0.05, 0.1) is 0 Å². The standard InChI is InChI=1S/C14H12OS/c15-13-4-1-3-10-6-7-11(9-12(10)13)14-5-2-8-16-14/h2,5-9H,1,3-4H2. The third-order valence-electron chi connectivity index (χ3n) is 3.07. The van der Waals surface area contributed by atoms with E-state index in [1.54, 1.807) is 11.3 Å². The van der Waals surface area contributed by atoms with Crippen LogP contribution in [-0.2, 0) is 6.42 Å². The van der Waals surface area contributed by atoms with Crippen molar-refractivity contribution in [3.8, 4) is 10.4 Å². The lowest BCUT2D eigenvalue weighted by molar-refractivity contribution is 0.0972. The maximum absolute atomic E-state index is 11.8. The first kappa shape index (κ1) is 9.79. The van der Waals surface area contributed by atoms with Gasteiger partial charge in [-0.2, -0.15) is 0 Å². The fourth-order valence-electron chi connectivity index (χ4n) is 2.22. The molecule has 0 amide bonds. The summed E-state index contributed by atoms with van der Waals surface area (Å²) in [5, 5.41) is 2.07. The van der Waals surface area contributed by atoms with Gasteiger partial charge in [0.1, 0.15) is 0 Å². The molecule has 1 nitrogen and oxygen atoms in total. The van der Waals surface area contributed by atoms with E-state index in [0.717, 1.165) is 18.4 Å². The Morgan fingerprint density at radius 3 is 2.88 bits per heavy atom. The molecule has 1 heterocycles. The summed E-state index contributed by atoms with van der Waals surface area (Å²) in [4.78, 5) is 13.0. The number of ketones is 1. The van der Waals surface area contributed by atoms with Crippen LogP contribution in [0.15, 0.2) is 35.7 Å². The molecule has 0 radical (unpaired) electrons. The van der Waals surface area contributed by atoms with Crippen LogP contribution in [0.4, 0.5) is 0 Å². The van der Waals surface area contributed by atoms with Crippen molar-refractivity contribution in [3.63, 3.8) is 0 Å². The number of aryl methyl sites for hydroxylation is 1. The van der Waals surface area contributed by atoms with Crippen LogP contribution in [-0.4, -0.2) is 5.78 Å². The van der Waals surface area contributed by atoms with Gasteiger partial charge in [-0.25, -0.2) is 0 Å². The second kappa shape index (κ2) is 3.87. The predicted octanol–water partition coefficient (Wildman–Crippen LogP) is 3.93. The molecule has 1 aliphatic rings. The molecule has 0 aliphatic heterocycles. The van der Waals surface area contributed by atoms with Crippen molar-refractivity contribution in [3.05, 3.63) is 46.8 Å². The largest absolute Gasteiger partial charge is 0.294 e. The summed E-state index contributed by atoms with van der Waals surface area (Å²) < 4.78 is 0. The Morgan fingerprint density at radius 2 is 2.06 bits per heavy atom. The van der Waals surface area contributed by atoms with E-state index in [1.165, 1.54) is 16.0 Å². The maximum Gasteiger partial charge on any atom is 0.163 e. The van der Waals surface area contributed by atoms with Crippen LogP contribution in [0, 0.1) is 0 Å². The van der Waals surface area contributed by atoms with Gasteiger partial charge < -0.3 is 0 Å². The zero-order chi connectivity index (χ0) is 11.0. The first-order chi connectivity index (χ1) is 7.84. The summed E-state index contributed by atoms with van der Waals surface area (Å²) in [5.41, 5.74) is 3.33. The molecule has 3 rings (SSSR count). The number of hydrogen-bond acceptors (Lipinski definition) is 2. The van der Waals surface area contributed by atoms with E-state index >= 15 is 0 Å². The van der Waals surface area contributed by atoms with Crippen LogP contribution in [0.3, 0.4) is 0 Å². The van der Waals surface area contributed by atoms with Gasteiger partial charge >= 0.3 is 0 Å². The number of rotatable bonds is 1. The highest BCUT2D eigenvalue weighted by Gasteiger charge is 2.17. The highest BCUT2D eigenvalue weighted by molar-refractivity contribution is 7.13. The number of hydrogen-bond donors (Lipinski definition) is 0. The normalized spacial score (nSPS) is 14.9. The zero-order valence-corrected chi connectivity index (χ0v) is 9.72. The minimum Gasteiger partial charge on any atom is -0.294 e. The average Bonchev–Trinajstić information content (AvgIpc) is 2.83. The molecule has 2 aromatic rings. The number of benzene rings is 1. The van der Waals surface area contributed by atoms with E-state index < -0.39 is 0 Å².